The lowest BCUT2D eigenvalue weighted by Crippen LogP contribution is -2.09. The number of nitrogens with two attached hydrogens (primary N) is 1. The Labute approximate surface area is 118 Å². The van der Waals surface area contributed by atoms with Crippen LogP contribution in [0.1, 0.15) is 12.5 Å². The van der Waals surface area contributed by atoms with Crippen LogP contribution in [0, 0.1) is 0 Å². The summed E-state index contributed by atoms with van der Waals surface area (Å²) in [6.07, 6.45) is 0.723. The van der Waals surface area contributed by atoms with E-state index in [9.17, 15) is 4.79 Å². The van der Waals surface area contributed by atoms with E-state index in [-0.39, 0.29) is 5.91 Å². The molecule has 0 aliphatic heterocycles. The molecule has 2 aromatic carbocycles. The molecule has 104 valence electrons. The maximum Gasteiger partial charge on any atom is 0.221 e. The van der Waals surface area contributed by atoms with Crippen molar-refractivity contribution in [2.24, 2.45) is 0 Å². The van der Waals surface area contributed by atoms with E-state index in [1.165, 1.54) is 6.92 Å². The molecule has 0 aliphatic rings. The Morgan fingerprint density at radius 3 is 2.60 bits per heavy atom. The van der Waals surface area contributed by atoms with Crippen molar-refractivity contribution in [3.8, 4) is 5.75 Å². The number of hydrogen-bond acceptors (Lipinski definition) is 3. The lowest BCUT2D eigenvalue weighted by atomic mass is 10.1. The number of nitrogens with one attached hydrogen (secondary N) is 1. The van der Waals surface area contributed by atoms with Crippen molar-refractivity contribution in [2.45, 2.75) is 13.3 Å². The molecule has 0 unspecified atom stereocenters. The predicted octanol–water partition coefficient (Wildman–Crippen LogP) is 2.85. The van der Waals surface area contributed by atoms with E-state index >= 15 is 0 Å². The third kappa shape index (κ3) is 3.75. The lowest BCUT2D eigenvalue weighted by molar-refractivity contribution is -0.114. The van der Waals surface area contributed by atoms with Crippen LogP contribution in [-0.4, -0.2) is 12.5 Å². The highest BCUT2D eigenvalue weighted by Gasteiger charge is 2.05. The van der Waals surface area contributed by atoms with Crippen molar-refractivity contribution >= 4 is 17.3 Å². The zero-order valence-corrected chi connectivity index (χ0v) is 11.4. The number of carbonyl (C=O) groups is 1. The number of rotatable bonds is 5. The molecule has 0 heterocycles. The zero-order valence-electron chi connectivity index (χ0n) is 11.4. The van der Waals surface area contributed by atoms with Crippen molar-refractivity contribution in [2.75, 3.05) is 17.7 Å². The third-order valence-electron chi connectivity index (χ3n) is 2.88. The molecule has 3 N–H and O–H groups in total. The molecule has 2 rings (SSSR count). The normalized spacial score (nSPS) is 10.1. The van der Waals surface area contributed by atoms with Gasteiger partial charge in [-0.25, -0.2) is 0 Å². The highest BCUT2D eigenvalue weighted by molar-refractivity contribution is 5.90. The summed E-state index contributed by atoms with van der Waals surface area (Å²) < 4.78 is 5.73. The van der Waals surface area contributed by atoms with Crippen molar-refractivity contribution in [3.63, 3.8) is 0 Å². The van der Waals surface area contributed by atoms with Gasteiger partial charge < -0.3 is 15.8 Å². The molecule has 0 spiro atoms. The van der Waals surface area contributed by atoms with Gasteiger partial charge in [0.2, 0.25) is 5.91 Å². The lowest BCUT2D eigenvalue weighted by Gasteiger charge is -2.12. The van der Waals surface area contributed by atoms with Crippen molar-refractivity contribution < 1.29 is 9.53 Å². The van der Waals surface area contributed by atoms with Crippen LogP contribution in [0.25, 0.3) is 0 Å². The number of nitrogen functional groups attached to an aromatic ring is 1. The molecular weight excluding hydrogens is 252 g/mol. The second-order valence-corrected chi connectivity index (χ2v) is 4.47. The van der Waals surface area contributed by atoms with Crippen LogP contribution in [0.15, 0.2) is 48.5 Å². The second kappa shape index (κ2) is 6.61. The fourth-order valence-electron chi connectivity index (χ4n) is 1.92. The molecular formula is C16H18N2O2. The van der Waals surface area contributed by atoms with E-state index in [1.807, 2.05) is 48.5 Å². The minimum atomic E-state index is -0.117. The van der Waals surface area contributed by atoms with Gasteiger partial charge in [0.1, 0.15) is 5.75 Å². The average molecular weight is 270 g/mol. The van der Waals surface area contributed by atoms with Gasteiger partial charge in [0.15, 0.2) is 0 Å². The first-order valence-corrected chi connectivity index (χ1v) is 6.49. The first-order valence-electron chi connectivity index (χ1n) is 6.49. The SMILES string of the molecule is CC(=O)Nc1ccccc1OCCc1ccccc1N. The quantitative estimate of drug-likeness (QED) is 0.821. The van der Waals surface area contributed by atoms with E-state index in [4.69, 9.17) is 10.5 Å². The summed E-state index contributed by atoms with van der Waals surface area (Å²) in [5.74, 6) is 0.547. The fraction of sp³-hybridized carbons (Fsp3) is 0.188. The smallest absolute Gasteiger partial charge is 0.221 e. The molecule has 0 aliphatic carbocycles. The molecule has 4 heteroatoms. The van der Waals surface area contributed by atoms with Crippen LogP contribution < -0.4 is 15.8 Å². The van der Waals surface area contributed by atoms with E-state index in [1.54, 1.807) is 0 Å². The minimum absolute atomic E-state index is 0.117. The van der Waals surface area contributed by atoms with Crippen molar-refractivity contribution in [1.82, 2.24) is 0 Å². The topological polar surface area (TPSA) is 64.3 Å². The Morgan fingerprint density at radius 2 is 1.85 bits per heavy atom. The van der Waals surface area contributed by atoms with Gasteiger partial charge in [-0.2, -0.15) is 0 Å². The Kier molecular flexibility index (Phi) is 4.60. The van der Waals surface area contributed by atoms with Gasteiger partial charge in [0, 0.05) is 19.0 Å². The maximum absolute atomic E-state index is 11.1. The summed E-state index contributed by atoms with van der Waals surface area (Å²) in [6.45, 7) is 1.98. The van der Waals surface area contributed by atoms with Gasteiger partial charge in [0.05, 0.1) is 12.3 Å². The highest BCUT2D eigenvalue weighted by atomic mass is 16.5. The molecule has 1 amide bonds. The van der Waals surface area contributed by atoms with Crippen LogP contribution in [0.2, 0.25) is 0 Å². The van der Waals surface area contributed by atoms with Gasteiger partial charge in [0.25, 0.3) is 0 Å². The van der Waals surface area contributed by atoms with Crippen LogP contribution in [0.5, 0.6) is 5.75 Å². The Bertz CT molecular complexity index is 597. The molecule has 0 radical (unpaired) electrons. The number of para-hydroxylation sites is 3. The van der Waals surface area contributed by atoms with Gasteiger partial charge in [-0.3, -0.25) is 4.79 Å². The first-order chi connectivity index (χ1) is 9.66. The molecule has 0 saturated heterocycles. The van der Waals surface area contributed by atoms with E-state index in [0.29, 0.717) is 18.0 Å². The average Bonchev–Trinajstić information content (AvgIpc) is 2.42. The number of anilines is 2. The van der Waals surface area contributed by atoms with Gasteiger partial charge in [-0.15, -0.1) is 0 Å². The van der Waals surface area contributed by atoms with Crippen molar-refractivity contribution in [3.05, 3.63) is 54.1 Å². The monoisotopic (exact) mass is 270 g/mol. The van der Waals surface area contributed by atoms with Crippen molar-refractivity contribution in [1.29, 1.82) is 0 Å². The molecule has 2 aromatic rings. The van der Waals surface area contributed by atoms with Gasteiger partial charge >= 0.3 is 0 Å². The molecule has 0 atom stereocenters. The number of hydrogen-bond donors (Lipinski definition) is 2. The Hall–Kier alpha value is -2.49. The fourth-order valence-corrected chi connectivity index (χ4v) is 1.92. The van der Waals surface area contributed by atoms with E-state index in [2.05, 4.69) is 5.32 Å². The minimum Gasteiger partial charge on any atom is -0.491 e. The number of ether oxygens (including phenoxy) is 1. The number of benzene rings is 2. The van der Waals surface area contributed by atoms with Gasteiger partial charge in [-0.1, -0.05) is 30.3 Å². The number of carbonyl (C=O) groups excluding carboxylic acids is 1. The zero-order chi connectivity index (χ0) is 14.4. The molecule has 0 aromatic heterocycles. The summed E-state index contributed by atoms with van der Waals surface area (Å²) in [5.41, 5.74) is 8.39. The standard InChI is InChI=1S/C16H18N2O2/c1-12(19)18-15-8-4-5-9-16(15)20-11-10-13-6-2-3-7-14(13)17/h2-9H,10-11,17H2,1H3,(H,18,19). The molecule has 0 saturated carbocycles. The summed E-state index contributed by atoms with van der Waals surface area (Å²) in [4.78, 5) is 11.1. The number of amides is 1. The first kappa shape index (κ1) is 13.9. The van der Waals surface area contributed by atoms with E-state index in [0.717, 1.165) is 17.7 Å². The van der Waals surface area contributed by atoms with Crippen LogP contribution in [0.4, 0.5) is 11.4 Å². The van der Waals surface area contributed by atoms with Gasteiger partial charge in [-0.05, 0) is 23.8 Å². The summed E-state index contributed by atoms with van der Waals surface area (Å²) in [5, 5.41) is 2.74. The summed E-state index contributed by atoms with van der Waals surface area (Å²) in [6, 6.07) is 15.1. The second-order valence-electron chi connectivity index (χ2n) is 4.47. The summed E-state index contributed by atoms with van der Waals surface area (Å²) >= 11 is 0. The van der Waals surface area contributed by atoms with E-state index < -0.39 is 0 Å². The molecule has 4 nitrogen and oxygen atoms in total. The van der Waals surface area contributed by atoms with Crippen LogP contribution in [-0.2, 0) is 11.2 Å². The van der Waals surface area contributed by atoms with Crippen LogP contribution in [0.3, 0.4) is 0 Å². The predicted molar refractivity (Wildman–Crippen MR) is 80.8 cm³/mol. The molecule has 0 fully saturated rings. The Morgan fingerprint density at radius 1 is 1.15 bits per heavy atom. The third-order valence-corrected chi connectivity index (χ3v) is 2.88. The molecule has 20 heavy (non-hydrogen) atoms. The summed E-state index contributed by atoms with van der Waals surface area (Å²) in [7, 11) is 0. The maximum atomic E-state index is 11.1. The molecule has 0 bridgehead atoms. The Balaban J connectivity index is 1.97. The van der Waals surface area contributed by atoms with Crippen LogP contribution >= 0.6 is 0 Å². The highest BCUT2D eigenvalue weighted by Crippen LogP contribution is 2.24. The largest absolute Gasteiger partial charge is 0.491 e.